The summed E-state index contributed by atoms with van der Waals surface area (Å²) in [5, 5.41) is 4.04. The van der Waals surface area contributed by atoms with E-state index in [2.05, 4.69) is 12.1 Å². The van der Waals surface area contributed by atoms with Crippen LogP contribution in [0.25, 0.3) is 0 Å². The molecule has 1 unspecified atom stereocenters. The van der Waals surface area contributed by atoms with Gasteiger partial charge in [-0.15, -0.1) is 0 Å². The lowest BCUT2D eigenvalue weighted by Crippen LogP contribution is -2.44. The third kappa shape index (κ3) is 3.78. The molecule has 7 heteroatoms. The molecule has 0 radical (unpaired) electrons. The normalized spacial score (nSPS) is 24.3. The zero-order chi connectivity index (χ0) is 16.5. The molecule has 0 aromatic carbocycles. The van der Waals surface area contributed by atoms with Crippen molar-refractivity contribution in [3.63, 3.8) is 0 Å². The van der Waals surface area contributed by atoms with Gasteiger partial charge in [0.15, 0.2) is 9.84 Å². The maximum Gasteiger partial charge on any atom is 0.158 e. The third-order valence-electron chi connectivity index (χ3n) is 5.04. The standard InChI is InChI=1S/C16H25NO5S/c1-12-3-4-15-13(9-12)14(17-22-15)10-23(18,19)11-16(20-2)5-7-21-8-6-16/h12H,3-11H2,1-2H3. The predicted molar refractivity (Wildman–Crippen MR) is 85.0 cm³/mol. The van der Waals surface area contributed by atoms with Crippen LogP contribution in [0.3, 0.4) is 0 Å². The quantitative estimate of drug-likeness (QED) is 0.812. The van der Waals surface area contributed by atoms with Crippen molar-refractivity contribution in [3.8, 4) is 0 Å². The molecule has 2 heterocycles. The van der Waals surface area contributed by atoms with Gasteiger partial charge >= 0.3 is 0 Å². The Hall–Kier alpha value is -0.920. The lowest BCUT2D eigenvalue weighted by atomic mass is 9.88. The van der Waals surface area contributed by atoms with Gasteiger partial charge in [0, 0.05) is 45.1 Å². The van der Waals surface area contributed by atoms with Crippen molar-refractivity contribution in [3.05, 3.63) is 17.0 Å². The van der Waals surface area contributed by atoms with Crippen LogP contribution in [0.15, 0.2) is 4.52 Å². The first-order chi connectivity index (χ1) is 10.9. The Morgan fingerprint density at radius 3 is 2.78 bits per heavy atom. The van der Waals surface area contributed by atoms with E-state index in [-0.39, 0.29) is 11.5 Å². The molecule has 23 heavy (non-hydrogen) atoms. The largest absolute Gasteiger partial charge is 0.381 e. The molecule has 0 saturated carbocycles. The van der Waals surface area contributed by atoms with Crippen LogP contribution >= 0.6 is 0 Å². The molecule has 1 fully saturated rings. The smallest absolute Gasteiger partial charge is 0.158 e. The second kappa shape index (κ2) is 6.53. The Bertz CT molecular complexity index is 645. The minimum atomic E-state index is -3.33. The number of ether oxygens (including phenoxy) is 2. The highest BCUT2D eigenvalue weighted by Gasteiger charge is 2.38. The van der Waals surface area contributed by atoms with E-state index in [0.717, 1.165) is 30.6 Å². The van der Waals surface area contributed by atoms with Crippen LogP contribution in [0, 0.1) is 5.92 Å². The van der Waals surface area contributed by atoms with Gasteiger partial charge < -0.3 is 14.0 Å². The fraction of sp³-hybridized carbons (Fsp3) is 0.812. The Balaban J connectivity index is 1.75. The van der Waals surface area contributed by atoms with Crippen LogP contribution in [0.5, 0.6) is 0 Å². The number of methoxy groups -OCH3 is 1. The van der Waals surface area contributed by atoms with Crippen LogP contribution < -0.4 is 0 Å². The zero-order valence-electron chi connectivity index (χ0n) is 13.8. The van der Waals surface area contributed by atoms with Crippen LogP contribution in [0.4, 0.5) is 0 Å². The first-order valence-electron chi connectivity index (χ1n) is 8.23. The number of nitrogens with zero attached hydrogens (tertiary/aromatic N) is 1. The summed E-state index contributed by atoms with van der Waals surface area (Å²) in [5.74, 6) is 1.35. The summed E-state index contributed by atoms with van der Waals surface area (Å²) in [6.07, 6.45) is 3.99. The topological polar surface area (TPSA) is 78.6 Å². The number of hydrogen-bond donors (Lipinski definition) is 0. The molecule has 0 amide bonds. The Labute approximate surface area is 137 Å². The molecule has 1 atom stereocenters. The Morgan fingerprint density at radius 1 is 1.35 bits per heavy atom. The molecule has 0 bridgehead atoms. The van der Waals surface area contributed by atoms with Crippen molar-refractivity contribution < 1.29 is 22.4 Å². The lowest BCUT2D eigenvalue weighted by Gasteiger charge is -2.35. The molecule has 1 aromatic heterocycles. The third-order valence-corrected chi connectivity index (χ3v) is 6.72. The van der Waals surface area contributed by atoms with Crippen molar-refractivity contribution in [1.29, 1.82) is 0 Å². The van der Waals surface area contributed by atoms with Crippen molar-refractivity contribution in [2.75, 3.05) is 26.1 Å². The zero-order valence-corrected chi connectivity index (χ0v) is 14.7. The van der Waals surface area contributed by atoms with Gasteiger partial charge in [0.05, 0.1) is 17.1 Å². The molecule has 1 aromatic rings. The summed E-state index contributed by atoms with van der Waals surface area (Å²) in [6, 6.07) is 0. The van der Waals surface area contributed by atoms with E-state index < -0.39 is 15.4 Å². The molecular formula is C16H25NO5S. The average Bonchev–Trinajstić information content (AvgIpc) is 2.89. The molecule has 130 valence electrons. The van der Waals surface area contributed by atoms with E-state index in [1.165, 1.54) is 0 Å². The molecule has 1 saturated heterocycles. The summed E-state index contributed by atoms with van der Waals surface area (Å²) in [6.45, 7) is 3.26. The SMILES string of the molecule is COC1(CS(=O)(=O)Cc2noc3c2CC(C)CC3)CCOCC1. The Morgan fingerprint density at radius 2 is 2.09 bits per heavy atom. The first-order valence-corrected chi connectivity index (χ1v) is 10.0. The molecule has 3 rings (SSSR count). The lowest BCUT2D eigenvalue weighted by molar-refractivity contribution is -0.0750. The van der Waals surface area contributed by atoms with E-state index in [4.69, 9.17) is 14.0 Å². The number of aryl methyl sites for hydroxylation is 1. The van der Waals surface area contributed by atoms with Crippen LogP contribution in [-0.2, 0) is 37.9 Å². The molecule has 1 aliphatic carbocycles. The van der Waals surface area contributed by atoms with Gasteiger partial charge in [0.2, 0.25) is 0 Å². The second-order valence-corrected chi connectivity index (χ2v) is 8.98. The summed E-state index contributed by atoms with van der Waals surface area (Å²) in [7, 11) is -1.74. The summed E-state index contributed by atoms with van der Waals surface area (Å²) in [4.78, 5) is 0. The van der Waals surface area contributed by atoms with Crippen LogP contribution in [0.1, 0.15) is 43.2 Å². The first kappa shape index (κ1) is 16.9. The van der Waals surface area contributed by atoms with E-state index in [1.807, 2.05) is 0 Å². The van der Waals surface area contributed by atoms with Gasteiger partial charge in [-0.25, -0.2) is 8.42 Å². The molecule has 0 N–H and O–H groups in total. The fourth-order valence-corrected chi connectivity index (χ4v) is 5.52. The summed E-state index contributed by atoms with van der Waals surface area (Å²) >= 11 is 0. The molecule has 0 spiro atoms. The minimum Gasteiger partial charge on any atom is -0.381 e. The van der Waals surface area contributed by atoms with Gasteiger partial charge in [-0.2, -0.15) is 0 Å². The number of fused-ring (bicyclic) bond motifs is 1. The summed E-state index contributed by atoms with van der Waals surface area (Å²) < 4.78 is 41.6. The van der Waals surface area contributed by atoms with E-state index >= 15 is 0 Å². The minimum absolute atomic E-state index is 0.0110. The highest BCUT2D eigenvalue weighted by molar-refractivity contribution is 7.90. The van der Waals surface area contributed by atoms with Gasteiger partial charge in [0.1, 0.15) is 11.5 Å². The average molecular weight is 343 g/mol. The van der Waals surface area contributed by atoms with E-state index in [9.17, 15) is 8.42 Å². The van der Waals surface area contributed by atoms with Crippen LogP contribution in [0.2, 0.25) is 0 Å². The molecular weight excluding hydrogens is 318 g/mol. The molecule has 2 aliphatic rings. The van der Waals surface area contributed by atoms with Gasteiger partial charge in [-0.3, -0.25) is 0 Å². The monoisotopic (exact) mass is 343 g/mol. The second-order valence-electron chi connectivity index (χ2n) is 6.91. The highest BCUT2D eigenvalue weighted by Crippen LogP contribution is 2.31. The number of sulfone groups is 1. The van der Waals surface area contributed by atoms with Crippen LogP contribution in [-0.4, -0.2) is 45.3 Å². The fourth-order valence-electron chi connectivity index (χ4n) is 3.56. The number of hydrogen-bond acceptors (Lipinski definition) is 6. The summed E-state index contributed by atoms with van der Waals surface area (Å²) in [5.41, 5.74) is 0.962. The predicted octanol–water partition coefficient (Wildman–Crippen LogP) is 1.91. The Kier molecular flexibility index (Phi) is 4.80. The van der Waals surface area contributed by atoms with Crippen molar-refractivity contribution >= 4 is 9.84 Å². The number of rotatable bonds is 5. The number of aromatic nitrogens is 1. The van der Waals surface area contributed by atoms with E-state index in [0.29, 0.717) is 37.7 Å². The van der Waals surface area contributed by atoms with E-state index in [1.54, 1.807) is 7.11 Å². The van der Waals surface area contributed by atoms with Gasteiger partial charge in [-0.05, 0) is 18.8 Å². The maximum absolute atomic E-state index is 12.7. The van der Waals surface area contributed by atoms with Gasteiger partial charge in [0.25, 0.3) is 0 Å². The molecule has 1 aliphatic heterocycles. The maximum atomic E-state index is 12.7. The highest BCUT2D eigenvalue weighted by atomic mass is 32.2. The van der Waals surface area contributed by atoms with Crippen molar-refractivity contribution in [1.82, 2.24) is 5.16 Å². The van der Waals surface area contributed by atoms with Gasteiger partial charge in [-0.1, -0.05) is 12.1 Å². The van der Waals surface area contributed by atoms with Crippen molar-refractivity contribution in [2.24, 2.45) is 5.92 Å². The van der Waals surface area contributed by atoms with Crippen molar-refractivity contribution in [2.45, 2.75) is 50.4 Å². The molecule has 6 nitrogen and oxygen atoms in total.